The predicted octanol–water partition coefficient (Wildman–Crippen LogP) is -3.57. The average Bonchev–Trinajstić information content (AvgIpc) is 2.91. The van der Waals surface area contributed by atoms with Gasteiger partial charge in [0.15, 0.2) is 0 Å². The lowest BCUT2D eigenvalue weighted by molar-refractivity contribution is -0.120. The summed E-state index contributed by atoms with van der Waals surface area (Å²) in [5, 5.41) is 0. The zero-order chi connectivity index (χ0) is 31.5. The normalized spacial score (nSPS) is 11.8. The maximum absolute atomic E-state index is 10.3. The van der Waals surface area contributed by atoms with Crippen molar-refractivity contribution in [3.05, 3.63) is 0 Å². The maximum atomic E-state index is 10.3. The van der Waals surface area contributed by atoms with Crippen LogP contribution in [-0.2, 0) is 14.4 Å². The molecule has 0 aliphatic carbocycles. The highest BCUT2D eigenvalue weighted by Gasteiger charge is 2.06. The first-order chi connectivity index (χ1) is 18.4. The number of nitrogens with two attached hydrogens (primary N) is 12. The molecule has 15 nitrogen and oxygen atoms in total. The number of carbonyl (C=O) groups is 3. The van der Waals surface area contributed by atoms with Crippen LogP contribution in [0.4, 0.5) is 0 Å². The third-order valence-electron chi connectivity index (χ3n) is 4.76. The Kier molecular flexibility index (Phi) is 48.7. The summed E-state index contributed by atoms with van der Waals surface area (Å²) in [4.78, 5) is 30.3. The monoisotopic (exact) mass is 569 g/mol. The van der Waals surface area contributed by atoms with Crippen molar-refractivity contribution < 1.29 is 14.4 Å². The fourth-order valence-corrected chi connectivity index (χ4v) is 2.13. The van der Waals surface area contributed by atoms with Crippen LogP contribution in [0, 0.1) is 0 Å². The Morgan fingerprint density at radius 2 is 0.795 bits per heavy atom. The van der Waals surface area contributed by atoms with Gasteiger partial charge in [0, 0.05) is 6.54 Å². The van der Waals surface area contributed by atoms with Gasteiger partial charge in [0.2, 0.25) is 17.7 Å². The third-order valence-corrected chi connectivity index (χ3v) is 4.76. The molecule has 24 N–H and O–H groups in total. The van der Waals surface area contributed by atoms with Crippen molar-refractivity contribution in [1.29, 1.82) is 0 Å². The van der Waals surface area contributed by atoms with Gasteiger partial charge < -0.3 is 68.8 Å². The molecule has 0 aromatic rings. The Morgan fingerprint density at radius 1 is 0.462 bits per heavy atom. The zero-order valence-corrected chi connectivity index (χ0v) is 24.4. The summed E-state index contributed by atoms with van der Waals surface area (Å²) in [5.74, 6) is -1.50. The predicted molar refractivity (Wildman–Crippen MR) is 162 cm³/mol. The van der Waals surface area contributed by atoms with Gasteiger partial charge in [-0.3, -0.25) is 14.4 Å². The van der Waals surface area contributed by atoms with Crippen molar-refractivity contribution in [1.82, 2.24) is 0 Å². The lowest BCUT2D eigenvalue weighted by Crippen LogP contribution is -2.42. The molecular formula is C24H64N12O3. The second-order valence-corrected chi connectivity index (χ2v) is 8.61. The van der Waals surface area contributed by atoms with Gasteiger partial charge in [-0.1, -0.05) is 39.0 Å². The molecule has 238 valence electrons. The smallest absolute Gasteiger partial charge is 0.235 e. The molecule has 0 saturated carbocycles. The van der Waals surface area contributed by atoms with Gasteiger partial charge in [0.1, 0.15) is 0 Å². The van der Waals surface area contributed by atoms with E-state index in [4.69, 9.17) is 68.8 Å². The second-order valence-electron chi connectivity index (χ2n) is 8.61. The zero-order valence-electron chi connectivity index (χ0n) is 24.4. The molecule has 0 heterocycles. The van der Waals surface area contributed by atoms with Gasteiger partial charge in [-0.25, -0.2) is 0 Å². The second kappa shape index (κ2) is 40.5. The van der Waals surface area contributed by atoms with E-state index in [0.29, 0.717) is 25.9 Å². The molecule has 3 atom stereocenters. The number of carbonyl (C=O) groups excluding carboxylic acids is 3. The van der Waals surface area contributed by atoms with Crippen LogP contribution >= 0.6 is 0 Å². The fourth-order valence-electron chi connectivity index (χ4n) is 2.13. The summed E-state index contributed by atoms with van der Waals surface area (Å²) in [6, 6.07) is -1.77. The van der Waals surface area contributed by atoms with E-state index in [2.05, 4.69) is 6.92 Å². The summed E-state index contributed by atoms with van der Waals surface area (Å²) in [5.41, 5.74) is 60.8. The van der Waals surface area contributed by atoms with Crippen LogP contribution in [0.25, 0.3) is 0 Å². The minimum Gasteiger partial charge on any atom is -0.368 e. The Morgan fingerprint density at radius 3 is 1.03 bits per heavy atom. The molecular weight excluding hydrogens is 504 g/mol. The van der Waals surface area contributed by atoms with Crippen molar-refractivity contribution in [3.8, 4) is 0 Å². The van der Waals surface area contributed by atoms with Crippen LogP contribution in [0.5, 0.6) is 0 Å². The van der Waals surface area contributed by atoms with Gasteiger partial charge in [-0.2, -0.15) is 0 Å². The van der Waals surface area contributed by atoms with Gasteiger partial charge in [0.05, 0.1) is 18.1 Å². The number of primary amides is 3. The minimum atomic E-state index is -0.681. The Hall–Kier alpha value is -1.95. The lowest BCUT2D eigenvalue weighted by Gasteiger charge is -2.03. The standard InChI is InChI=1S/C7H17N.C5H13N3O.C5H14N2.C4H11N3O.C3H9N3O/c1-2-3-4-5-6-7-8;6-3-1-2-4(7)5(8)9;6-4-2-1-3-5-7;5-2-1-3(6)4(7)8;4-1-2(5)3(6)7/h2-8H2,1H3;4H,1-3,6-7H2,(H2,8,9);1-7H2;3H,1-2,5-6H2,(H2,7,8);2H,1,4-5H2,(H2,6,7). The van der Waals surface area contributed by atoms with Crippen molar-refractivity contribution in [2.75, 3.05) is 39.3 Å². The van der Waals surface area contributed by atoms with Crippen LogP contribution in [0.3, 0.4) is 0 Å². The highest BCUT2D eigenvalue weighted by molar-refractivity contribution is 5.80. The van der Waals surface area contributed by atoms with Crippen molar-refractivity contribution in [2.45, 2.75) is 95.7 Å². The molecule has 39 heavy (non-hydrogen) atoms. The molecule has 0 spiro atoms. The van der Waals surface area contributed by atoms with Gasteiger partial charge in [-0.05, 0) is 71.2 Å². The van der Waals surface area contributed by atoms with E-state index in [1.807, 2.05) is 0 Å². The summed E-state index contributed by atoms with van der Waals surface area (Å²) < 4.78 is 0. The molecule has 0 aromatic carbocycles. The minimum absolute atomic E-state index is 0.120. The SMILES string of the molecule is CCCCCCCN.NCC(N)C(N)=O.NCCC(N)C(N)=O.NCCCC(N)C(N)=O.NCCCCCN. The molecule has 3 amide bonds. The fraction of sp³-hybridized carbons (Fsp3) is 0.875. The van der Waals surface area contributed by atoms with E-state index >= 15 is 0 Å². The molecule has 0 fully saturated rings. The molecule has 15 heteroatoms. The molecule has 0 aromatic heterocycles. The molecule has 0 saturated heterocycles. The van der Waals surface area contributed by atoms with E-state index in [-0.39, 0.29) is 6.54 Å². The first-order valence-corrected chi connectivity index (χ1v) is 13.7. The third kappa shape index (κ3) is 53.1. The number of hydrogen-bond donors (Lipinski definition) is 12. The van der Waals surface area contributed by atoms with E-state index < -0.39 is 35.8 Å². The van der Waals surface area contributed by atoms with E-state index in [0.717, 1.165) is 38.9 Å². The van der Waals surface area contributed by atoms with Gasteiger partial charge >= 0.3 is 0 Å². The largest absolute Gasteiger partial charge is 0.368 e. The van der Waals surface area contributed by atoms with Crippen LogP contribution in [0.2, 0.25) is 0 Å². The van der Waals surface area contributed by atoms with Crippen LogP contribution < -0.4 is 68.8 Å². The summed E-state index contributed by atoms with van der Waals surface area (Å²) in [7, 11) is 0. The summed E-state index contributed by atoms with van der Waals surface area (Å²) in [6.45, 7) is 5.78. The van der Waals surface area contributed by atoms with Crippen molar-refractivity contribution >= 4 is 17.7 Å². The van der Waals surface area contributed by atoms with Crippen LogP contribution in [0.1, 0.15) is 77.6 Å². The lowest BCUT2D eigenvalue weighted by atomic mass is 10.1. The topological polar surface area (TPSA) is 363 Å². The Balaban J connectivity index is -0.000000124. The molecule has 0 aliphatic heterocycles. The highest BCUT2D eigenvalue weighted by atomic mass is 16.2. The number of amides is 3. The van der Waals surface area contributed by atoms with Crippen molar-refractivity contribution in [2.24, 2.45) is 68.8 Å². The molecule has 0 bridgehead atoms. The molecule has 0 radical (unpaired) electrons. The van der Waals surface area contributed by atoms with Crippen LogP contribution in [-0.4, -0.2) is 75.1 Å². The Bertz CT molecular complexity index is 507. The average molecular weight is 569 g/mol. The van der Waals surface area contributed by atoms with Crippen molar-refractivity contribution in [3.63, 3.8) is 0 Å². The van der Waals surface area contributed by atoms with E-state index in [9.17, 15) is 14.4 Å². The summed E-state index contributed by atoms with van der Waals surface area (Å²) in [6.07, 6.45) is 11.8. The quantitative estimate of drug-likeness (QED) is 0.0714. The number of hydrogen-bond acceptors (Lipinski definition) is 12. The maximum Gasteiger partial charge on any atom is 0.235 e. The first kappa shape index (κ1) is 46.9. The first-order valence-electron chi connectivity index (χ1n) is 13.7. The van der Waals surface area contributed by atoms with E-state index in [1.165, 1.54) is 38.5 Å². The molecule has 3 unspecified atom stereocenters. The Labute approximate surface area is 236 Å². The van der Waals surface area contributed by atoms with E-state index in [1.54, 1.807) is 0 Å². The number of rotatable bonds is 18. The summed E-state index contributed by atoms with van der Waals surface area (Å²) >= 11 is 0. The van der Waals surface area contributed by atoms with Crippen LogP contribution in [0.15, 0.2) is 0 Å². The number of unbranched alkanes of at least 4 members (excludes halogenated alkanes) is 6. The molecule has 0 aliphatic rings. The van der Waals surface area contributed by atoms with Gasteiger partial charge in [0.25, 0.3) is 0 Å². The highest BCUT2D eigenvalue weighted by Crippen LogP contribution is 2.00. The molecule has 0 rings (SSSR count). The van der Waals surface area contributed by atoms with Gasteiger partial charge in [-0.15, -0.1) is 0 Å².